The molecule has 0 aliphatic heterocycles. The fourth-order valence-electron chi connectivity index (χ4n) is 1.86. The Balaban J connectivity index is 1.82. The summed E-state index contributed by atoms with van der Waals surface area (Å²) in [6.07, 6.45) is 2.68. The third kappa shape index (κ3) is 2.46. The Hall–Kier alpha value is -3.36. The second-order valence-corrected chi connectivity index (χ2v) is 4.28. The topological polar surface area (TPSA) is 128 Å². The van der Waals surface area contributed by atoms with Crippen LogP contribution < -0.4 is 15.7 Å². The van der Waals surface area contributed by atoms with E-state index in [9.17, 15) is 9.90 Å². The summed E-state index contributed by atoms with van der Waals surface area (Å²) in [5, 5.41) is 13.9. The highest BCUT2D eigenvalue weighted by molar-refractivity contribution is 5.85. The zero-order chi connectivity index (χ0) is 15.5. The molecule has 3 aromatic rings. The lowest BCUT2D eigenvalue weighted by Crippen LogP contribution is -2.05. The predicted octanol–water partition coefficient (Wildman–Crippen LogP) is 0.806. The van der Waals surface area contributed by atoms with Crippen molar-refractivity contribution in [3.05, 3.63) is 40.4 Å². The molecule has 0 bridgehead atoms. The van der Waals surface area contributed by atoms with Crippen molar-refractivity contribution in [2.24, 2.45) is 5.10 Å². The summed E-state index contributed by atoms with van der Waals surface area (Å²) in [4.78, 5) is 24.7. The van der Waals surface area contributed by atoms with Crippen LogP contribution in [0.25, 0.3) is 11.2 Å². The van der Waals surface area contributed by atoms with E-state index < -0.39 is 0 Å². The maximum atomic E-state index is 11.5. The minimum absolute atomic E-state index is 0.0155. The van der Waals surface area contributed by atoms with Gasteiger partial charge in [0.05, 0.1) is 19.7 Å². The van der Waals surface area contributed by atoms with E-state index in [1.807, 2.05) is 0 Å². The molecule has 4 N–H and O–H groups in total. The van der Waals surface area contributed by atoms with Crippen molar-refractivity contribution in [1.29, 1.82) is 0 Å². The minimum atomic E-state index is -0.319. The normalized spacial score (nSPS) is 11.1. The number of anilines is 1. The van der Waals surface area contributed by atoms with Crippen molar-refractivity contribution in [2.75, 3.05) is 12.5 Å². The Morgan fingerprint density at radius 1 is 1.45 bits per heavy atom. The number of ether oxygens (including phenoxy) is 1. The Morgan fingerprint density at radius 2 is 2.32 bits per heavy atom. The molecule has 0 saturated carbocycles. The van der Waals surface area contributed by atoms with Gasteiger partial charge in [0, 0.05) is 5.56 Å². The largest absolute Gasteiger partial charge is 0.504 e. The van der Waals surface area contributed by atoms with Gasteiger partial charge in [-0.2, -0.15) is 10.1 Å². The van der Waals surface area contributed by atoms with Crippen LogP contribution in [0, 0.1) is 0 Å². The first kappa shape index (κ1) is 13.6. The number of hydrogen-bond acceptors (Lipinski definition) is 7. The van der Waals surface area contributed by atoms with Crippen molar-refractivity contribution >= 4 is 23.3 Å². The average Bonchev–Trinajstić information content (AvgIpc) is 2.93. The van der Waals surface area contributed by atoms with Crippen molar-refractivity contribution in [2.45, 2.75) is 0 Å². The zero-order valence-electron chi connectivity index (χ0n) is 11.5. The molecule has 0 aliphatic rings. The van der Waals surface area contributed by atoms with Crippen LogP contribution in [0.4, 0.5) is 5.95 Å². The lowest BCUT2D eigenvalue weighted by molar-refractivity contribution is 0.373. The van der Waals surface area contributed by atoms with E-state index in [0.717, 1.165) is 0 Å². The first-order valence-corrected chi connectivity index (χ1v) is 6.27. The molecule has 0 unspecified atom stereocenters. The highest BCUT2D eigenvalue weighted by Gasteiger charge is 2.07. The number of nitrogens with zero attached hydrogens (tertiary/aromatic N) is 3. The molecule has 9 heteroatoms. The van der Waals surface area contributed by atoms with Crippen molar-refractivity contribution in [3.8, 4) is 11.5 Å². The number of aromatic hydroxyl groups is 1. The summed E-state index contributed by atoms with van der Waals surface area (Å²) in [5.41, 5.74) is 3.32. The Morgan fingerprint density at radius 3 is 3.09 bits per heavy atom. The molecule has 0 aliphatic carbocycles. The monoisotopic (exact) mass is 300 g/mol. The molecule has 2 heterocycles. The van der Waals surface area contributed by atoms with Crippen LogP contribution >= 0.6 is 0 Å². The molecule has 0 atom stereocenters. The maximum absolute atomic E-state index is 11.5. The molecule has 9 nitrogen and oxygen atoms in total. The van der Waals surface area contributed by atoms with E-state index in [0.29, 0.717) is 11.3 Å². The van der Waals surface area contributed by atoms with Crippen LogP contribution in [0.2, 0.25) is 0 Å². The van der Waals surface area contributed by atoms with E-state index in [1.165, 1.54) is 19.7 Å². The second-order valence-electron chi connectivity index (χ2n) is 4.28. The number of rotatable bonds is 4. The van der Waals surface area contributed by atoms with Gasteiger partial charge in [-0.1, -0.05) is 6.07 Å². The fourth-order valence-corrected chi connectivity index (χ4v) is 1.86. The van der Waals surface area contributed by atoms with E-state index in [4.69, 9.17) is 4.74 Å². The molecule has 0 saturated heterocycles. The third-order valence-electron chi connectivity index (χ3n) is 2.92. The van der Waals surface area contributed by atoms with Crippen LogP contribution in [-0.2, 0) is 0 Å². The molecular weight excluding hydrogens is 288 g/mol. The average molecular weight is 300 g/mol. The van der Waals surface area contributed by atoms with E-state index in [2.05, 4.69) is 30.5 Å². The number of aromatic amines is 2. The van der Waals surface area contributed by atoms with Crippen LogP contribution in [0.3, 0.4) is 0 Å². The minimum Gasteiger partial charge on any atom is -0.504 e. The number of phenolic OH excluding ortho intramolecular Hbond substituents is 1. The lowest BCUT2D eigenvalue weighted by atomic mass is 10.2. The van der Waals surface area contributed by atoms with Gasteiger partial charge in [-0.05, 0) is 12.1 Å². The van der Waals surface area contributed by atoms with Gasteiger partial charge in [0.2, 0.25) is 5.95 Å². The summed E-state index contributed by atoms with van der Waals surface area (Å²) in [6.45, 7) is 0. The van der Waals surface area contributed by atoms with Gasteiger partial charge in [-0.3, -0.25) is 4.79 Å². The number of imidazole rings is 1. The number of phenols is 1. The number of benzene rings is 1. The Bertz CT molecular complexity index is 898. The number of H-pyrrole nitrogens is 2. The van der Waals surface area contributed by atoms with Gasteiger partial charge in [0.25, 0.3) is 5.56 Å². The van der Waals surface area contributed by atoms with Gasteiger partial charge < -0.3 is 19.8 Å². The molecule has 0 amide bonds. The first-order chi connectivity index (χ1) is 10.7. The smallest absolute Gasteiger partial charge is 0.276 e. The van der Waals surface area contributed by atoms with Gasteiger partial charge >= 0.3 is 0 Å². The van der Waals surface area contributed by atoms with Gasteiger partial charge in [0.1, 0.15) is 0 Å². The number of fused-ring (bicyclic) bond motifs is 1. The Kier molecular flexibility index (Phi) is 3.44. The zero-order valence-corrected chi connectivity index (χ0v) is 11.5. The van der Waals surface area contributed by atoms with Crippen LogP contribution in [0.15, 0.2) is 34.4 Å². The number of methoxy groups -OCH3 is 1. The Labute approximate surface area is 123 Å². The molecule has 0 spiro atoms. The standard InChI is InChI=1S/C13H12N6O3/c1-22-8-4-2-3-7(10(8)20)5-16-19-13-17-9-11(18-13)14-6-15-12(9)21/h2-6,20H,1H3,(H3,14,15,17,18,19,21). The summed E-state index contributed by atoms with van der Waals surface area (Å²) in [7, 11) is 1.47. The van der Waals surface area contributed by atoms with Crippen molar-refractivity contribution in [1.82, 2.24) is 19.9 Å². The summed E-state index contributed by atoms with van der Waals surface area (Å²) >= 11 is 0. The van der Waals surface area contributed by atoms with E-state index >= 15 is 0 Å². The van der Waals surface area contributed by atoms with Crippen molar-refractivity contribution in [3.63, 3.8) is 0 Å². The van der Waals surface area contributed by atoms with Gasteiger partial charge in [-0.25, -0.2) is 10.4 Å². The molecular formula is C13H12N6O3. The number of nitrogens with one attached hydrogen (secondary N) is 3. The van der Waals surface area contributed by atoms with Gasteiger partial charge in [-0.15, -0.1) is 0 Å². The molecule has 0 radical (unpaired) electrons. The quantitative estimate of drug-likeness (QED) is 0.417. The summed E-state index contributed by atoms with van der Waals surface area (Å²) in [5.74, 6) is 0.597. The second kappa shape index (κ2) is 5.56. The number of hydrazone groups is 1. The van der Waals surface area contributed by atoms with Crippen molar-refractivity contribution < 1.29 is 9.84 Å². The lowest BCUT2D eigenvalue weighted by Gasteiger charge is -2.04. The fraction of sp³-hybridized carbons (Fsp3) is 0.0769. The highest BCUT2D eigenvalue weighted by atomic mass is 16.5. The van der Waals surface area contributed by atoms with Gasteiger partial charge in [0.15, 0.2) is 22.7 Å². The molecule has 1 aromatic carbocycles. The molecule has 112 valence electrons. The maximum Gasteiger partial charge on any atom is 0.276 e. The molecule has 0 fully saturated rings. The van der Waals surface area contributed by atoms with Crippen LogP contribution in [-0.4, -0.2) is 38.4 Å². The third-order valence-corrected chi connectivity index (χ3v) is 2.92. The number of hydrogen-bond donors (Lipinski definition) is 4. The number of aromatic nitrogens is 4. The summed E-state index contributed by atoms with van der Waals surface area (Å²) < 4.78 is 5.01. The first-order valence-electron chi connectivity index (χ1n) is 6.27. The molecule has 22 heavy (non-hydrogen) atoms. The molecule has 2 aromatic heterocycles. The SMILES string of the molecule is COc1cccc(C=NNc2nc3nc[nH]c(=O)c3[nH]2)c1O. The highest BCUT2D eigenvalue weighted by Crippen LogP contribution is 2.27. The number of para-hydroxylation sites is 1. The van der Waals surface area contributed by atoms with E-state index in [-0.39, 0.29) is 28.4 Å². The van der Waals surface area contributed by atoms with Crippen LogP contribution in [0.1, 0.15) is 5.56 Å². The van der Waals surface area contributed by atoms with Crippen LogP contribution in [0.5, 0.6) is 11.5 Å². The van der Waals surface area contributed by atoms with E-state index in [1.54, 1.807) is 18.2 Å². The molecule has 3 rings (SSSR count). The summed E-state index contributed by atoms with van der Waals surface area (Å²) in [6, 6.07) is 5.04. The predicted molar refractivity (Wildman–Crippen MR) is 80.4 cm³/mol.